The van der Waals surface area contributed by atoms with Gasteiger partial charge in [0.05, 0.1) is 26.3 Å². The molecular formula is C13H6Br2Cl3NO. The van der Waals surface area contributed by atoms with Crippen molar-refractivity contribution in [2.24, 2.45) is 0 Å². The summed E-state index contributed by atoms with van der Waals surface area (Å²) < 4.78 is 1.30. The van der Waals surface area contributed by atoms with Crippen LogP contribution in [0.5, 0.6) is 0 Å². The predicted molar refractivity (Wildman–Crippen MR) is 91.3 cm³/mol. The molecule has 0 aliphatic heterocycles. The predicted octanol–water partition coefficient (Wildman–Crippen LogP) is 6.42. The van der Waals surface area contributed by atoms with Gasteiger partial charge in [-0.2, -0.15) is 0 Å². The Morgan fingerprint density at radius 1 is 0.900 bits per heavy atom. The quantitative estimate of drug-likeness (QED) is 0.517. The summed E-state index contributed by atoms with van der Waals surface area (Å²) in [6.45, 7) is 0. The highest BCUT2D eigenvalue weighted by atomic mass is 79.9. The van der Waals surface area contributed by atoms with Gasteiger partial charge < -0.3 is 5.32 Å². The molecule has 0 saturated heterocycles. The van der Waals surface area contributed by atoms with E-state index in [0.717, 1.165) is 0 Å². The Hall–Kier alpha value is -0.260. The summed E-state index contributed by atoms with van der Waals surface area (Å²) in [7, 11) is 0. The molecule has 0 radical (unpaired) electrons. The van der Waals surface area contributed by atoms with Crippen molar-refractivity contribution in [1.82, 2.24) is 0 Å². The van der Waals surface area contributed by atoms with Crippen LogP contribution in [-0.2, 0) is 0 Å². The monoisotopic (exact) mass is 455 g/mol. The van der Waals surface area contributed by atoms with Gasteiger partial charge in [0.25, 0.3) is 5.91 Å². The Balaban J connectivity index is 2.33. The Morgan fingerprint density at radius 2 is 1.55 bits per heavy atom. The molecule has 0 fully saturated rings. The molecule has 20 heavy (non-hydrogen) atoms. The number of halogens is 5. The third kappa shape index (κ3) is 3.31. The van der Waals surface area contributed by atoms with Gasteiger partial charge in [-0.05, 0) is 56.1 Å². The van der Waals surface area contributed by atoms with E-state index in [0.29, 0.717) is 30.2 Å². The van der Waals surface area contributed by atoms with E-state index in [9.17, 15) is 4.79 Å². The lowest BCUT2D eigenvalue weighted by Gasteiger charge is -2.10. The molecule has 2 nitrogen and oxygen atoms in total. The van der Waals surface area contributed by atoms with Crippen molar-refractivity contribution in [2.75, 3.05) is 5.32 Å². The minimum Gasteiger partial charge on any atom is -0.321 e. The maximum Gasteiger partial charge on any atom is 0.257 e. The van der Waals surface area contributed by atoms with Crippen LogP contribution in [-0.4, -0.2) is 5.91 Å². The Labute approximate surface area is 147 Å². The summed E-state index contributed by atoms with van der Waals surface area (Å²) in [4.78, 5) is 12.2. The largest absolute Gasteiger partial charge is 0.321 e. The number of rotatable bonds is 2. The van der Waals surface area contributed by atoms with Crippen molar-refractivity contribution >= 4 is 78.3 Å². The van der Waals surface area contributed by atoms with E-state index in [1.807, 2.05) is 0 Å². The molecule has 2 aromatic carbocycles. The van der Waals surface area contributed by atoms with Gasteiger partial charge in [0.2, 0.25) is 0 Å². The first-order valence-corrected chi connectivity index (χ1v) is 8.02. The molecule has 0 aliphatic carbocycles. The van der Waals surface area contributed by atoms with Crippen LogP contribution in [0.15, 0.2) is 39.3 Å². The van der Waals surface area contributed by atoms with Gasteiger partial charge in [-0.25, -0.2) is 0 Å². The number of hydrogen-bond donors (Lipinski definition) is 1. The van der Waals surface area contributed by atoms with Gasteiger partial charge in [0.15, 0.2) is 0 Å². The fraction of sp³-hybridized carbons (Fsp3) is 0. The lowest BCUT2D eigenvalue weighted by atomic mass is 10.2. The molecule has 104 valence electrons. The van der Waals surface area contributed by atoms with Gasteiger partial charge in [0, 0.05) is 8.95 Å². The highest BCUT2D eigenvalue weighted by Crippen LogP contribution is 2.36. The second-order valence-electron chi connectivity index (χ2n) is 3.78. The van der Waals surface area contributed by atoms with Crippen molar-refractivity contribution in [3.8, 4) is 0 Å². The Morgan fingerprint density at radius 3 is 2.25 bits per heavy atom. The zero-order valence-corrected chi connectivity index (χ0v) is 15.1. The average molecular weight is 458 g/mol. The van der Waals surface area contributed by atoms with Crippen LogP contribution < -0.4 is 5.32 Å². The fourth-order valence-corrected chi connectivity index (χ4v) is 2.89. The highest BCUT2D eigenvalue weighted by molar-refractivity contribution is 9.10. The van der Waals surface area contributed by atoms with E-state index in [2.05, 4.69) is 37.2 Å². The Bertz CT molecular complexity index is 692. The third-order valence-electron chi connectivity index (χ3n) is 2.48. The summed E-state index contributed by atoms with van der Waals surface area (Å²) in [5, 5.41) is 3.62. The molecule has 2 rings (SSSR count). The van der Waals surface area contributed by atoms with Crippen LogP contribution in [0.2, 0.25) is 15.1 Å². The van der Waals surface area contributed by atoms with Gasteiger partial charge in [-0.1, -0.05) is 40.9 Å². The smallest absolute Gasteiger partial charge is 0.257 e. The highest BCUT2D eigenvalue weighted by Gasteiger charge is 2.15. The van der Waals surface area contributed by atoms with Crippen LogP contribution in [0, 0.1) is 0 Å². The molecule has 0 unspecified atom stereocenters. The lowest BCUT2D eigenvalue weighted by Crippen LogP contribution is -2.13. The molecule has 0 saturated carbocycles. The van der Waals surface area contributed by atoms with Crippen LogP contribution in [0.4, 0.5) is 5.69 Å². The van der Waals surface area contributed by atoms with E-state index in [1.54, 1.807) is 30.3 Å². The van der Waals surface area contributed by atoms with E-state index in [1.165, 1.54) is 0 Å². The molecular weight excluding hydrogens is 452 g/mol. The fourth-order valence-electron chi connectivity index (χ4n) is 1.49. The topological polar surface area (TPSA) is 29.1 Å². The first-order valence-electron chi connectivity index (χ1n) is 5.30. The van der Waals surface area contributed by atoms with E-state index in [-0.39, 0.29) is 10.9 Å². The second-order valence-corrected chi connectivity index (χ2v) is 6.62. The molecule has 1 N–H and O–H groups in total. The third-order valence-corrected chi connectivity index (χ3v) is 5.55. The van der Waals surface area contributed by atoms with Gasteiger partial charge in [-0.3, -0.25) is 4.79 Å². The van der Waals surface area contributed by atoms with Crippen molar-refractivity contribution in [3.63, 3.8) is 0 Å². The minimum atomic E-state index is -0.364. The average Bonchev–Trinajstić information content (AvgIpc) is 2.42. The van der Waals surface area contributed by atoms with Crippen molar-refractivity contribution in [3.05, 3.63) is 59.9 Å². The standard InChI is InChI=1S/C13H6Br2Cl3NO/c14-7-3-1-2-6(10(7)16)13(20)19-9-5-4-8(15)11(17)12(9)18/h1-5H,(H,19,20). The van der Waals surface area contributed by atoms with Crippen LogP contribution in [0.1, 0.15) is 10.4 Å². The first-order chi connectivity index (χ1) is 9.41. The van der Waals surface area contributed by atoms with Crippen LogP contribution >= 0.6 is 66.7 Å². The van der Waals surface area contributed by atoms with Crippen molar-refractivity contribution < 1.29 is 4.79 Å². The molecule has 0 spiro atoms. The molecule has 1 amide bonds. The normalized spacial score (nSPS) is 10.4. The lowest BCUT2D eigenvalue weighted by molar-refractivity contribution is 0.102. The van der Waals surface area contributed by atoms with Crippen molar-refractivity contribution in [2.45, 2.75) is 0 Å². The number of benzene rings is 2. The van der Waals surface area contributed by atoms with Gasteiger partial charge in [-0.15, -0.1) is 0 Å². The van der Waals surface area contributed by atoms with Crippen molar-refractivity contribution in [1.29, 1.82) is 0 Å². The van der Waals surface area contributed by atoms with Gasteiger partial charge in [0.1, 0.15) is 0 Å². The SMILES string of the molecule is O=C(Nc1ccc(Br)c(Cl)c1Cl)c1cccc(Br)c1Cl. The molecule has 7 heteroatoms. The minimum absolute atomic E-state index is 0.264. The number of carbonyl (C=O) groups excluding carboxylic acids is 1. The van der Waals surface area contributed by atoms with Gasteiger partial charge >= 0.3 is 0 Å². The molecule has 0 aliphatic rings. The zero-order valence-electron chi connectivity index (χ0n) is 9.68. The molecule has 0 aromatic heterocycles. The maximum atomic E-state index is 12.2. The number of amides is 1. The maximum absolute atomic E-state index is 12.2. The Kier molecular flexibility index (Phi) is 5.37. The summed E-state index contributed by atoms with van der Waals surface area (Å²) in [6.07, 6.45) is 0. The number of carbonyl (C=O) groups is 1. The van der Waals surface area contributed by atoms with E-state index in [4.69, 9.17) is 34.8 Å². The van der Waals surface area contributed by atoms with E-state index < -0.39 is 0 Å². The summed E-state index contributed by atoms with van der Waals surface area (Å²) >= 11 is 24.7. The molecule has 2 aromatic rings. The summed E-state index contributed by atoms with van der Waals surface area (Å²) in [5.41, 5.74) is 0.761. The molecule has 0 atom stereocenters. The molecule has 0 heterocycles. The summed E-state index contributed by atoms with van der Waals surface area (Å²) in [6, 6.07) is 8.45. The van der Waals surface area contributed by atoms with Crippen LogP contribution in [0.25, 0.3) is 0 Å². The summed E-state index contributed by atoms with van der Waals surface area (Å²) in [5.74, 6) is -0.364. The van der Waals surface area contributed by atoms with E-state index >= 15 is 0 Å². The zero-order chi connectivity index (χ0) is 14.9. The number of nitrogens with one attached hydrogen (secondary N) is 1. The molecule has 0 bridgehead atoms. The van der Waals surface area contributed by atoms with Crippen LogP contribution in [0.3, 0.4) is 0 Å². The number of anilines is 1. The second kappa shape index (κ2) is 6.67. The number of hydrogen-bond acceptors (Lipinski definition) is 1. The first kappa shape index (κ1) is 16.1.